The van der Waals surface area contributed by atoms with Gasteiger partial charge in [0.05, 0.1) is 24.2 Å². The molecule has 3 aromatic carbocycles. The number of hydrogen-bond donors (Lipinski definition) is 0. The molecule has 192 valence electrons. The number of para-hydroxylation sites is 1. The lowest BCUT2D eigenvalue weighted by Gasteiger charge is -2.16. The van der Waals surface area contributed by atoms with Gasteiger partial charge in [0.25, 0.3) is 5.91 Å². The van der Waals surface area contributed by atoms with Crippen molar-refractivity contribution in [3.05, 3.63) is 117 Å². The topological polar surface area (TPSA) is 46.8 Å². The van der Waals surface area contributed by atoms with Crippen molar-refractivity contribution >= 4 is 34.6 Å². The van der Waals surface area contributed by atoms with Crippen molar-refractivity contribution in [2.45, 2.75) is 34.2 Å². The molecule has 1 amide bonds. The summed E-state index contributed by atoms with van der Waals surface area (Å²) in [6, 6.07) is 26.3. The van der Waals surface area contributed by atoms with Gasteiger partial charge >= 0.3 is 0 Å². The number of aliphatic imine (C=N–C) groups is 1. The monoisotopic (exact) mass is 521 g/mol. The summed E-state index contributed by atoms with van der Waals surface area (Å²) in [5.74, 6) is 0.741. The zero-order valence-corrected chi connectivity index (χ0v) is 23.2. The highest BCUT2D eigenvalue weighted by atomic mass is 32.2. The highest BCUT2D eigenvalue weighted by Crippen LogP contribution is 2.36. The van der Waals surface area contributed by atoms with Crippen molar-refractivity contribution in [1.82, 2.24) is 9.47 Å². The second-order valence-corrected chi connectivity index (χ2v) is 10.6. The number of benzene rings is 3. The molecule has 1 aromatic heterocycles. The molecule has 0 unspecified atom stereocenters. The lowest BCUT2D eigenvalue weighted by atomic mass is 10.1. The van der Waals surface area contributed by atoms with E-state index < -0.39 is 0 Å². The lowest BCUT2D eigenvalue weighted by molar-refractivity contribution is -0.122. The van der Waals surface area contributed by atoms with E-state index in [1.54, 1.807) is 12.0 Å². The Hall–Kier alpha value is -4.03. The summed E-state index contributed by atoms with van der Waals surface area (Å²) in [4.78, 5) is 21.0. The molecule has 1 fully saturated rings. The van der Waals surface area contributed by atoms with Crippen molar-refractivity contribution in [2.24, 2.45) is 4.99 Å². The number of carbonyl (C=O) groups is 1. The average Bonchev–Trinajstić information content (AvgIpc) is 3.34. The minimum atomic E-state index is -0.0447. The molecule has 6 heteroatoms. The quantitative estimate of drug-likeness (QED) is 0.247. The first kappa shape index (κ1) is 25.6. The fourth-order valence-electron chi connectivity index (χ4n) is 4.81. The molecule has 0 bridgehead atoms. The van der Waals surface area contributed by atoms with Gasteiger partial charge in [0.2, 0.25) is 0 Å². The molecule has 38 heavy (non-hydrogen) atoms. The smallest absolute Gasteiger partial charge is 0.267 e. The van der Waals surface area contributed by atoms with E-state index in [0.717, 1.165) is 39.6 Å². The Labute approximate surface area is 228 Å². The van der Waals surface area contributed by atoms with Crippen molar-refractivity contribution in [3.8, 4) is 11.4 Å². The normalized spacial score (nSPS) is 15.6. The molecule has 1 aliphatic rings. The van der Waals surface area contributed by atoms with Crippen LogP contribution in [0.15, 0.2) is 88.8 Å². The Morgan fingerprint density at radius 2 is 1.58 bits per heavy atom. The van der Waals surface area contributed by atoms with Gasteiger partial charge in [0.1, 0.15) is 5.75 Å². The van der Waals surface area contributed by atoms with E-state index in [4.69, 9.17) is 9.73 Å². The van der Waals surface area contributed by atoms with Crippen molar-refractivity contribution < 1.29 is 9.53 Å². The second kappa shape index (κ2) is 10.8. The zero-order valence-electron chi connectivity index (χ0n) is 22.4. The van der Waals surface area contributed by atoms with Gasteiger partial charge in [-0.1, -0.05) is 36.4 Å². The van der Waals surface area contributed by atoms with Gasteiger partial charge in [-0.2, -0.15) is 0 Å². The fraction of sp³-hybridized carbons (Fsp3) is 0.188. The lowest BCUT2D eigenvalue weighted by Crippen LogP contribution is -2.28. The number of nitrogens with zero attached hydrogens (tertiary/aromatic N) is 3. The largest absolute Gasteiger partial charge is 0.497 e. The number of ether oxygens (including phenoxy) is 1. The van der Waals surface area contributed by atoms with E-state index in [1.165, 1.54) is 22.9 Å². The third-order valence-electron chi connectivity index (χ3n) is 6.59. The maximum Gasteiger partial charge on any atom is 0.267 e. The Morgan fingerprint density at radius 1 is 0.895 bits per heavy atom. The molecule has 2 heterocycles. The Balaban J connectivity index is 1.52. The summed E-state index contributed by atoms with van der Waals surface area (Å²) in [7, 11) is 1.65. The molecule has 0 aliphatic carbocycles. The SMILES string of the molecule is COc1ccc(CN2C(=O)/C(=C/c3cc(C)n(-c4cc(C)cc(C)c4)c3C)SC2=Nc2ccccc2)cc1. The third kappa shape index (κ3) is 5.31. The highest BCUT2D eigenvalue weighted by molar-refractivity contribution is 8.18. The maximum atomic E-state index is 13.7. The molecule has 5 nitrogen and oxygen atoms in total. The van der Waals surface area contributed by atoms with Crippen molar-refractivity contribution in [2.75, 3.05) is 7.11 Å². The maximum absolute atomic E-state index is 13.7. The van der Waals surface area contributed by atoms with E-state index >= 15 is 0 Å². The molecule has 0 saturated carbocycles. The highest BCUT2D eigenvalue weighted by Gasteiger charge is 2.34. The van der Waals surface area contributed by atoms with Gasteiger partial charge < -0.3 is 9.30 Å². The average molecular weight is 522 g/mol. The van der Waals surface area contributed by atoms with Crippen LogP contribution in [0, 0.1) is 27.7 Å². The van der Waals surface area contributed by atoms with E-state index in [2.05, 4.69) is 56.5 Å². The van der Waals surface area contributed by atoms with E-state index in [9.17, 15) is 4.79 Å². The van der Waals surface area contributed by atoms with E-state index in [1.807, 2.05) is 60.7 Å². The Kier molecular flexibility index (Phi) is 7.25. The molecule has 4 aromatic rings. The number of aryl methyl sites for hydroxylation is 3. The van der Waals surface area contributed by atoms with Crippen LogP contribution in [0.4, 0.5) is 5.69 Å². The standard InChI is InChI=1S/C32H31N3O2S/c1-21-15-22(2)17-28(16-21)35-23(3)18-26(24(35)4)19-30-31(36)34(20-25-11-13-29(37-5)14-12-25)32(38-30)33-27-9-7-6-8-10-27/h6-19H,20H2,1-5H3/b30-19-,33-32?. The number of rotatable bonds is 6. The van der Waals surface area contributed by atoms with Crippen molar-refractivity contribution in [3.63, 3.8) is 0 Å². The zero-order chi connectivity index (χ0) is 26.8. The molecular weight excluding hydrogens is 490 g/mol. The van der Waals surface area contributed by atoms with Gasteiger partial charge in [-0.3, -0.25) is 9.69 Å². The third-order valence-corrected chi connectivity index (χ3v) is 7.60. The van der Waals surface area contributed by atoms with Crippen LogP contribution >= 0.6 is 11.8 Å². The summed E-state index contributed by atoms with van der Waals surface area (Å²) in [5, 5.41) is 0.673. The molecule has 0 N–H and O–H groups in total. The number of aromatic nitrogens is 1. The first-order valence-electron chi connectivity index (χ1n) is 12.6. The second-order valence-electron chi connectivity index (χ2n) is 9.59. The first-order valence-corrected chi connectivity index (χ1v) is 13.4. The van der Waals surface area contributed by atoms with E-state index in [-0.39, 0.29) is 5.91 Å². The summed E-state index contributed by atoms with van der Waals surface area (Å²) in [5.41, 5.74) is 8.68. The summed E-state index contributed by atoms with van der Waals surface area (Å²) in [6.07, 6.45) is 2.00. The van der Waals surface area contributed by atoms with Crippen LogP contribution in [0.2, 0.25) is 0 Å². The number of amides is 1. The van der Waals surface area contributed by atoms with Crippen LogP contribution in [0.25, 0.3) is 11.8 Å². The fourth-order valence-corrected chi connectivity index (χ4v) is 5.80. The van der Waals surface area contributed by atoms with Gasteiger partial charge in [0, 0.05) is 17.1 Å². The number of amidine groups is 1. The molecule has 0 spiro atoms. The van der Waals surface area contributed by atoms with Gasteiger partial charge in [-0.15, -0.1) is 0 Å². The molecule has 0 radical (unpaired) electrons. The molecule has 0 atom stereocenters. The van der Waals surface area contributed by atoms with Gasteiger partial charge in [0.15, 0.2) is 5.17 Å². The molecule has 1 saturated heterocycles. The number of hydrogen-bond acceptors (Lipinski definition) is 4. The van der Waals surface area contributed by atoms with Crippen LogP contribution < -0.4 is 4.74 Å². The predicted octanol–water partition coefficient (Wildman–Crippen LogP) is 7.52. The molecule has 1 aliphatic heterocycles. The van der Waals surface area contributed by atoms with Crippen LogP contribution in [0.1, 0.15) is 33.6 Å². The predicted molar refractivity (Wildman–Crippen MR) is 157 cm³/mol. The Morgan fingerprint density at radius 3 is 2.24 bits per heavy atom. The van der Waals surface area contributed by atoms with Crippen LogP contribution in [-0.4, -0.2) is 27.7 Å². The van der Waals surface area contributed by atoms with Gasteiger partial charge in [-0.25, -0.2) is 4.99 Å². The number of thioether (sulfide) groups is 1. The first-order chi connectivity index (χ1) is 18.3. The summed E-state index contributed by atoms with van der Waals surface area (Å²) in [6.45, 7) is 8.88. The van der Waals surface area contributed by atoms with Gasteiger partial charge in [-0.05, 0) is 110 Å². The minimum Gasteiger partial charge on any atom is -0.497 e. The van der Waals surface area contributed by atoms with Crippen LogP contribution in [-0.2, 0) is 11.3 Å². The Bertz CT molecular complexity index is 1530. The van der Waals surface area contributed by atoms with Crippen LogP contribution in [0.3, 0.4) is 0 Å². The molecule has 5 rings (SSSR count). The minimum absolute atomic E-state index is 0.0447. The molecular formula is C32H31N3O2S. The number of methoxy groups -OCH3 is 1. The van der Waals surface area contributed by atoms with Crippen LogP contribution in [0.5, 0.6) is 5.75 Å². The van der Waals surface area contributed by atoms with E-state index in [0.29, 0.717) is 16.6 Å². The summed E-state index contributed by atoms with van der Waals surface area (Å²) < 4.78 is 7.55. The summed E-state index contributed by atoms with van der Waals surface area (Å²) >= 11 is 1.42. The van der Waals surface area contributed by atoms with Crippen molar-refractivity contribution in [1.29, 1.82) is 0 Å². The number of carbonyl (C=O) groups excluding carboxylic acids is 1.